The molecule has 4 nitrogen and oxygen atoms in total. The van der Waals surface area contributed by atoms with Crippen molar-refractivity contribution in [2.75, 3.05) is 0 Å². The topological polar surface area (TPSA) is 74.6 Å². The second kappa shape index (κ2) is 8.68. The molecule has 0 radical (unpaired) electrons. The Morgan fingerprint density at radius 2 is 1.11 bits per heavy atom. The number of hydrogen-bond acceptors (Lipinski definition) is 2. The fourth-order valence-corrected chi connectivity index (χ4v) is 2.86. The van der Waals surface area contributed by atoms with Crippen LogP contribution >= 0.6 is 0 Å². The van der Waals surface area contributed by atoms with Gasteiger partial charge < -0.3 is 10.2 Å². The molecule has 0 aliphatic heterocycles. The molecule has 0 amide bonds. The summed E-state index contributed by atoms with van der Waals surface area (Å²) in [5, 5.41) is 17.1. The van der Waals surface area contributed by atoms with Crippen molar-refractivity contribution >= 4 is 11.9 Å². The van der Waals surface area contributed by atoms with E-state index in [-0.39, 0.29) is 31.3 Å². The number of aliphatic carboxylic acids is 2. The van der Waals surface area contributed by atoms with Gasteiger partial charge in [-0.15, -0.1) is 0 Å². The van der Waals surface area contributed by atoms with Gasteiger partial charge in [0.05, 0.1) is 11.8 Å². The van der Waals surface area contributed by atoms with Crippen LogP contribution in [-0.2, 0) is 29.1 Å². The Hall–Kier alpha value is -0.437. The van der Waals surface area contributed by atoms with Gasteiger partial charge >= 0.3 is 11.9 Å². The molecule has 2 aliphatic rings. The van der Waals surface area contributed by atoms with Crippen molar-refractivity contribution < 1.29 is 39.3 Å². The van der Waals surface area contributed by atoms with Gasteiger partial charge in [0.15, 0.2) is 0 Å². The van der Waals surface area contributed by atoms with Crippen LogP contribution in [0.1, 0.15) is 52.4 Å². The third-order valence-corrected chi connectivity index (χ3v) is 4.09. The second-order valence-corrected chi connectivity index (χ2v) is 5.91. The van der Waals surface area contributed by atoms with E-state index in [0.29, 0.717) is 11.8 Å². The predicted molar refractivity (Wildman–Crippen MR) is 68.3 cm³/mol. The summed E-state index contributed by atoms with van der Waals surface area (Å²) in [5.74, 6) is -0.0455. The monoisotopic (exact) mass is 320 g/mol. The average Bonchev–Trinajstić information content (AvgIpc) is 2.88. The van der Waals surface area contributed by atoms with E-state index in [1.165, 1.54) is 0 Å². The van der Waals surface area contributed by atoms with Gasteiger partial charge in [-0.25, -0.2) is 0 Å². The van der Waals surface area contributed by atoms with Crippen LogP contribution in [-0.4, -0.2) is 22.2 Å². The van der Waals surface area contributed by atoms with Crippen LogP contribution in [0.25, 0.3) is 0 Å². The number of carbonyl (C=O) groups is 2. The Morgan fingerprint density at radius 1 is 0.789 bits per heavy atom. The summed E-state index contributed by atoms with van der Waals surface area (Å²) < 4.78 is 0. The number of carboxylic acid groups (broad SMARTS) is 2. The van der Waals surface area contributed by atoms with Crippen LogP contribution in [0.3, 0.4) is 0 Å². The molecule has 0 spiro atoms. The second-order valence-electron chi connectivity index (χ2n) is 5.91. The van der Waals surface area contributed by atoms with Gasteiger partial charge in [-0.1, -0.05) is 13.8 Å². The predicted octanol–water partition coefficient (Wildman–Crippen LogP) is 3.01. The van der Waals surface area contributed by atoms with E-state index in [9.17, 15) is 9.59 Å². The summed E-state index contributed by atoms with van der Waals surface area (Å²) >= 11 is 0. The molecule has 4 unspecified atom stereocenters. The Kier molecular flexibility index (Phi) is 8.48. The van der Waals surface area contributed by atoms with Gasteiger partial charge in [-0.05, 0) is 50.4 Å². The maximum atomic E-state index is 10.3. The van der Waals surface area contributed by atoms with E-state index in [0.717, 1.165) is 38.5 Å². The molecule has 106 valence electrons. The van der Waals surface area contributed by atoms with Gasteiger partial charge in [0, 0.05) is 19.5 Å². The van der Waals surface area contributed by atoms with Crippen molar-refractivity contribution in [2.24, 2.45) is 23.7 Å². The largest absolute Gasteiger partial charge is 0.481 e. The smallest absolute Gasteiger partial charge is 0.306 e. The average molecular weight is 322 g/mol. The molecule has 0 aromatic carbocycles. The molecule has 2 fully saturated rings. The quantitative estimate of drug-likeness (QED) is 0.767. The van der Waals surface area contributed by atoms with Crippen molar-refractivity contribution in [3.05, 3.63) is 0 Å². The molecular formula is C14H24O4Zn. The molecule has 4 atom stereocenters. The normalized spacial score (nSPS) is 32.9. The first kappa shape index (κ1) is 18.6. The van der Waals surface area contributed by atoms with Crippen molar-refractivity contribution in [3.63, 3.8) is 0 Å². The van der Waals surface area contributed by atoms with Crippen LogP contribution in [0.2, 0.25) is 0 Å². The summed E-state index contributed by atoms with van der Waals surface area (Å²) in [6.07, 6.45) is 5.73. The van der Waals surface area contributed by atoms with E-state index in [1.807, 2.05) is 0 Å². The molecule has 2 rings (SSSR count). The van der Waals surface area contributed by atoms with Crippen LogP contribution < -0.4 is 0 Å². The molecule has 2 N–H and O–H groups in total. The Balaban J connectivity index is 0.000000324. The van der Waals surface area contributed by atoms with Crippen LogP contribution in [0.5, 0.6) is 0 Å². The van der Waals surface area contributed by atoms with Gasteiger partial charge in [0.25, 0.3) is 0 Å². The summed E-state index contributed by atoms with van der Waals surface area (Å²) in [6, 6.07) is 0. The molecular weight excluding hydrogens is 298 g/mol. The van der Waals surface area contributed by atoms with Gasteiger partial charge in [-0.2, -0.15) is 0 Å². The number of carboxylic acids is 2. The fourth-order valence-electron chi connectivity index (χ4n) is 2.86. The summed E-state index contributed by atoms with van der Waals surface area (Å²) in [5.41, 5.74) is 0. The Labute approximate surface area is 127 Å². The minimum Gasteiger partial charge on any atom is -0.481 e. The number of rotatable bonds is 2. The van der Waals surface area contributed by atoms with E-state index >= 15 is 0 Å². The summed E-state index contributed by atoms with van der Waals surface area (Å²) in [4.78, 5) is 20.7. The zero-order chi connectivity index (χ0) is 13.7. The first-order valence-electron chi connectivity index (χ1n) is 6.85. The molecule has 0 aromatic rings. The molecule has 5 heteroatoms. The minimum atomic E-state index is -0.612. The van der Waals surface area contributed by atoms with E-state index in [1.54, 1.807) is 0 Å². The van der Waals surface area contributed by atoms with E-state index < -0.39 is 11.9 Å². The Morgan fingerprint density at radius 3 is 1.21 bits per heavy atom. The molecule has 2 saturated carbocycles. The van der Waals surface area contributed by atoms with Crippen molar-refractivity contribution in [2.45, 2.75) is 52.4 Å². The first-order valence-corrected chi connectivity index (χ1v) is 6.85. The summed E-state index contributed by atoms with van der Waals surface area (Å²) in [6.45, 7) is 4.23. The molecule has 0 aromatic heterocycles. The van der Waals surface area contributed by atoms with E-state index in [2.05, 4.69) is 13.8 Å². The molecule has 0 heterocycles. The summed E-state index contributed by atoms with van der Waals surface area (Å²) in [7, 11) is 0. The van der Waals surface area contributed by atoms with E-state index in [4.69, 9.17) is 10.2 Å². The van der Waals surface area contributed by atoms with Gasteiger partial charge in [0.1, 0.15) is 0 Å². The fraction of sp³-hybridized carbons (Fsp3) is 0.857. The zero-order valence-electron chi connectivity index (χ0n) is 12.0. The maximum Gasteiger partial charge on any atom is 0.306 e. The zero-order valence-corrected chi connectivity index (χ0v) is 14.9. The van der Waals surface area contributed by atoms with Crippen LogP contribution in [0.15, 0.2) is 0 Å². The van der Waals surface area contributed by atoms with Crippen LogP contribution in [0, 0.1) is 23.7 Å². The third-order valence-electron chi connectivity index (χ3n) is 4.09. The Bertz CT molecular complexity index is 276. The van der Waals surface area contributed by atoms with Crippen molar-refractivity contribution in [3.8, 4) is 0 Å². The first-order chi connectivity index (χ1) is 8.40. The molecule has 0 bridgehead atoms. The standard InChI is InChI=1S/2C7H12O2.Zn/c2*1-5-2-3-6(4-5)7(8)9;/h2*5-6H,2-4H2,1H3,(H,8,9);. The van der Waals surface area contributed by atoms with Gasteiger partial charge in [0.2, 0.25) is 0 Å². The molecule has 2 aliphatic carbocycles. The van der Waals surface area contributed by atoms with Crippen LogP contribution in [0.4, 0.5) is 0 Å². The van der Waals surface area contributed by atoms with Crippen molar-refractivity contribution in [1.29, 1.82) is 0 Å². The maximum absolute atomic E-state index is 10.3. The third kappa shape index (κ3) is 6.51. The molecule has 0 saturated heterocycles. The van der Waals surface area contributed by atoms with Gasteiger partial charge in [-0.3, -0.25) is 9.59 Å². The van der Waals surface area contributed by atoms with Crippen molar-refractivity contribution in [1.82, 2.24) is 0 Å². The minimum absolute atomic E-state index is 0. The molecule has 19 heavy (non-hydrogen) atoms. The number of hydrogen-bond donors (Lipinski definition) is 2. The SMILES string of the molecule is CC1CCC(C(=O)O)C1.CC1CCC(C(=O)O)C1.[Zn].